The Labute approximate surface area is 174 Å². The number of fused-ring (bicyclic) bond motifs is 3. The van der Waals surface area contributed by atoms with Gasteiger partial charge in [0.1, 0.15) is 12.4 Å². The van der Waals surface area contributed by atoms with Crippen LogP contribution in [0.4, 0.5) is 0 Å². The molecule has 0 saturated heterocycles. The number of ether oxygens (including phenoxy) is 2. The van der Waals surface area contributed by atoms with Gasteiger partial charge < -0.3 is 14.6 Å². The van der Waals surface area contributed by atoms with E-state index in [-0.39, 0.29) is 0 Å². The van der Waals surface area contributed by atoms with Gasteiger partial charge in [-0.1, -0.05) is 12.1 Å². The molecule has 1 N–H and O–H groups in total. The predicted octanol–water partition coefficient (Wildman–Crippen LogP) is 4.00. The Kier molecular flexibility index (Phi) is 5.59. The lowest BCUT2D eigenvalue weighted by Gasteiger charge is -2.13. The van der Waals surface area contributed by atoms with E-state index in [1.807, 2.05) is 48.8 Å². The maximum absolute atomic E-state index is 11.1. The molecular weight excluding hydrogens is 380 g/mol. The topological polar surface area (TPSA) is 81.5 Å². The first-order valence-corrected chi connectivity index (χ1v) is 9.64. The molecular formula is C24H22N2O4. The Morgan fingerprint density at radius 3 is 2.10 bits per heavy atom. The smallest absolute Gasteiger partial charge is 0.333 e. The molecule has 1 atom stereocenters. The third-order valence-corrected chi connectivity index (χ3v) is 5.26. The first-order chi connectivity index (χ1) is 14.6. The summed E-state index contributed by atoms with van der Waals surface area (Å²) in [5.74, 6) is -0.250. The molecule has 6 nitrogen and oxygen atoms in total. The Morgan fingerprint density at radius 1 is 0.967 bits per heavy atom. The number of hydrogen-bond acceptors (Lipinski definition) is 5. The SMILES string of the molecule is COC(Cc1ccc(OCC(C)=C2c3cnccc3-c3ccncc32)cc1)C(=O)O. The average Bonchev–Trinajstić information content (AvgIpc) is 3.11. The number of carboxylic acids is 1. The van der Waals surface area contributed by atoms with Gasteiger partial charge >= 0.3 is 5.97 Å². The van der Waals surface area contributed by atoms with E-state index in [1.54, 1.807) is 12.4 Å². The van der Waals surface area contributed by atoms with Crippen molar-refractivity contribution in [2.45, 2.75) is 19.4 Å². The summed E-state index contributed by atoms with van der Waals surface area (Å²) in [6.07, 6.45) is 6.83. The lowest BCUT2D eigenvalue weighted by atomic mass is 10.0. The molecule has 0 fully saturated rings. The van der Waals surface area contributed by atoms with Crippen LogP contribution in [0.1, 0.15) is 23.6 Å². The standard InChI is InChI=1S/C24H22N2O4/c1-15(14-30-17-5-3-16(4-6-17)11-22(29-2)24(27)28)23-20-12-25-9-7-18(20)19-8-10-26-13-21(19)23/h3-10,12-13,22H,11,14H2,1-2H3,(H,27,28). The predicted molar refractivity (Wildman–Crippen MR) is 113 cm³/mol. The molecule has 0 radical (unpaired) electrons. The summed E-state index contributed by atoms with van der Waals surface area (Å²) in [7, 11) is 1.40. The second-order valence-corrected chi connectivity index (χ2v) is 7.20. The molecule has 2 heterocycles. The molecule has 1 aromatic carbocycles. The molecule has 4 rings (SSSR count). The van der Waals surface area contributed by atoms with Crippen molar-refractivity contribution in [3.05, 3.63) is 83.4 Å². The van der Waals surface area contributed by atoms with Gasteiger partial charge in [0.15, 0.2) is 6.10 Å². The van der Waals surface area contributed by atoms with E-state index in [0.717, 1.165) is 44.7 Å². The van der Waals surface area contributed by atoms with Crippen LogP contribution < -0.4 is 4.74 Å². The highest BCUT2D eigenvalue weighted by molar-refractivity contribution is 6.01. The van der Waals surface area contributed by atoms with Crippen LogP contribution in [0.15, 0.2) is 66.8 Å². The number of aliphatic carboxylic acids is 1. The number of pyridine rings is 2. The zero-order valence-electron chi connectivity index (χ0n) is 16.8. The number of benzene rings is 1. The van der Waals surface area contributed by atoms with E-state index in [4.69, 9.17) is 14.6 Å². The lowest BCUT2D eigenvalue weighted by molar-refractivity contribution is -0.148. The fraction of sp³-hybridized carbons (Fsp3) is 0.208. The van der Waals surface area contributed by atoms with E-state index in [1.165, 1.54) is 7.11 Å². The van der Waals surface area contributed by atoms with Crippen LogP contribution in [-0.2, 0) is 16.0 Å². The Morgan fingerprint density at radius 2 is 1.57 bits per heavy atom. The summed E-state index contributed by atoms with van der Waals surface area (Å²) >= 11 is 0. The molecule has 6 heteroatoms. The van der Waals surface area contributed by atoms with Crippen molar-refractivity contribution in [2.75, 3.05) is 13.7 Å². The minimum atomic E-state index is -0.971. The van der Waals surface area contributed by atoms with E-state index < -0.39 is 12.1 Å². The number of rotatable bonds is 7. The van der Waals surface area contributed by atoms with Gasteiger partial charge in [-0.15, -0.1) is 0 Å². The second kappa shape index (κ2) is 8.47. The van der Waals surface area contributed by atoms with E-state index in [9.17, 15) is 4.79 Å². The Balaban J connectivity index is 1.52. The number of aromatic nitrogens is 2. The minimum absolute atomic E-state index is 0.308. The summed E-state index contributed by atoms with van der Waals surface area (Å²) in [6, 6.07) is 11.5. The summed E-state index contributed by atoms with van der Waals surface area (Å²) in [5.41, 5.74) is 7.59. The Hall–Kier alpha value is -3.51. The van der Waals surface area contributed by atoms with Gasteiger partial charge in [-0.2, -0.15) is 0 Å². The molecule has 30 heavy (non-hydrogen) atoms. The molecule has 152 valence electrons. The fourth-order valence-electron chi connectivity index (χ4n) is 3.73. The van der Waals surface area contributed by atoms with Gasteiger partial charge in [0.25, 0.3) is 0 Å². The van der Waals surface area contributed by atoms with Crippen molar-refractivity contribution in [1.82, 2.24) is 9.97 Å². The number of hydrogen-bond donors (Lipinski definition) is 1. The third kappa shape index (κ3) is 3.82. The van der Waals surface area contributed by atoms with Crippen LogP contribution in [0.25, 0.3) is 16.7 Å². The van der Waals surface area contributed by atoms with Crippen molar-refractivity contribution in [2.24, 2.45) is 0 Å². The van der Waals surface area contributed by atoms with Crippen LogP contribution in [-0.4, -0.2) is 40.9 Å². The summed E-state index contributed by atoms with van der Waals surface area (Å²) in [6.45, 7) is 2.48. The zero-order chi connectivity index (χ0) is 21.1. The summed E-state index contributed by atoms with van der Waals surface area (Å²) in [4.78, 5) is 19.7. The highest BCUT2D eigenvalue weighted by Gasteiger charge is 2.25. The van der Waals surface area contributed by atoms with Gasteiger partial charge in [-0.3, -0.25) is 9.97 Å². The third-order valence-electron chi connectivity index (χ3n) is 5.26. The molecule has 2 aromatic heterocycles. The quantitative estimate of drug-likeness (QED) is 0.503. The monoisotopic (exact) mass is 402 g/mol. The highest BCUT2D eigenvalue weighted by Crippen LogP contribution is 2.44. The van der Waals surface area contributed by atoms with Crippen LogP contribution in [0.5, 0.6) is 5.75 Å². The first kappa shape index (κ1) is 19.8. The maximum Gasteiger partial charge on any atom is 0.333 e. The van der Waals surface area contributed by atoms with E-state index in [2.05, 4.69) is 16.9 Å². The molecule has 0 saturated carbocycles. The second-order valence-electron chi connectivity index (χ2n) is 7.20. The van der Waals surface area contributed by atoms with E-state index in [0.29, 0.717) is 13.0 Å². The summed E-state index contributed by atoms with van der Waals surface area (Å²) < 4.78 is 11.0. The maximum atomic E-state index is 11.1. The largest absolute Gasteiger partial charge is 0.489 e. The Bertz CT molecular complexity index is 1060. The molecule has 0 bridgehead atoms. The number of nitrogens with zero attached hydrogens (tertiary/aromatic N) is 2. The normalized spacial score (nSPS) is 12.8. The van der Waals surface area contributed by atoms with Crippen molar-refractivity contribution >= 4 is 11.5 Å². The van der Waals surface area contributed by atoms with E-state index >= 15 is 0 Å². The molecule has 1 aliphatic rings. The van der Waals surface area contributed by atoms with Crippen LogP contribution in [0, 0.1) is 0 Å². The molecule has 3 aromatic rings. The van der Waals surface area contributed by atoms with Crippen molar-refractivity contribution in [3.8, 4) is 16.9 Å². The number of carbonyl (C=O) groups is 1. The average molecular weight is 402 g/mol. The van der Waals surface area contributed by atoms with Crippen molar-refractivity contribution in [1.29, 1.82) is 0 Å². The highest BCUT2D eigenvalue weighted by atomic mass is 16.5. The van der Waals surface area contributed by atoms with Crippen molar-refractivity contribution in [3.63, 3.8) is 0 Å². The first-order valence-electron chi connectivity index (χ1n) is 9.64. The van der Waals surface area contributed by atoms with Gasteiger partial charge in [-0.25, -0.2) is 4.79 Å². The van der Waals surface area contributed by atoms with Gasteiger partial charge in [0.2, 0.25) is 0 Å². The minimum Gasteiger partial charge on any atom is -0.489 e. The molecule has 0 amide bonds. The lowest BCUT2D eigenvalue weighted by Crippen LogP contribution is -2.24. The van der Waals surface area contributed by atoms with Crippen molar-refractivity contribution < 1.29 is 19.4 Å². The summed E-state index contributed by atoms with van der Waals surface area (Å²) in [5, 5.41) is 9.11. The van der Waals surface area contributed by atoms with Crippen LogP contribution in [0.3, 0.4) is 0 Å². The fourth-order valence-corrected chi connectivity index (χ4v) is 3.73. The molecule has 1 aliphatic carbocycles. The van der Waals surface area contributed by atoms with Crippen LogP contribution >= 0.6 is 0 Å². The number of carboxylic acid groups (broad SMARTS) is 1. The number of methoxy groups -OCH3 is 1. The van der Waals surface area contributed by atoms with Gasteiger partial charge in [0.05, 0.1) is 0 Å². The van der Waals surface area contributed by atoms with Crippen LogP contribution in [0.2, 0.25) is 0 Å². The molecule has 1 unspecified atom stereocenters. The van der Waals surface area contributed by atoms with Gasteiger partial charge in [-0.05, 0) is 59.0 Å². The molecule has 0 aliphatic heterocycles. The van der Waals surface area contributed by atoms with Gasteiger partial charge in [0, 0.05) is 49.4 Å². The molecule has 0 spiro atoms. The zero-order valence-corrected chi connectivity index (χ0v) is 16.8.